The predicted octanol–water partition coefficient (Wildman–Crippen LogP) is 2.64. The van der Waals surface area contributed by atoms with Gasteiger partial charge in [-0.2, -0.15) is 5.26 Å². The van der Waals surface area contributed by atoms with Crippen LogP contribution in [0, 0.1) is 23.2 Å². The number of nitriles is 1. The molecule has 1 saturated carbocycles. The van der Waals surface area contributed by atoms with Crippen molar-refractivity contribution in [1.29, 1.82) is 5.26 Å². The van der Waals surface area contributed by atoms with Crippen LogP contribution in [-0.2, 0) is 9.53 Å². The molecule has 0 amide bonds. The standard InChI is InChI=1S/C15H20N2O2/c1-3-19-15(18)13-9-17-10(2)12(8-16)14(13)11-6-4-5-7-11/h9,11,14,17H,3-7H2,1-2H3/t14-/m1/s1. The van der Waals surface area contributed by atoms with Crippen LogP contribution < -0.4 is 5.32 Å². The number of nitrogens with one attached hydrogen (secondary N) is 1. The second kappa shape index (κ2) is 5.92. The molecule has 0 saturated heterocycles. The van der Waals surface area contributed by atoms with Crippen LogP contribution in [0.1, 0.15) is 39.5 Å². The molecule has 102 valence electrons. The third kappa shape index (κ3) is 2.65. The summed E-state index contributed by atoms with van der Waals surface area (Å²) >= 11 is 0. The highest BCUT2D eigenvalue weighted by Gasteiger charge is 2.37. The molecule has 0 aromatic rings. The van der Waals surface area contributed by atoms with Gasteiger partial charge in [-0.15, -0.1) is 0 Å². The topological polar surface area (TPSA) is 62.1 Å². The minimum atomic E-state index is -0.299. The van der Waals surface area contributed by atoms with Crippen molar-refractivity contribution in [3.63, 3.8) is 0 Å². The van der Waals surface area contributed by atoms with Crippen molar-refractivity contribution in [2.75, 3.05) is 6.61 Å². The molecule has 1 heterocycles. The van der Waals surface area contributed by atoms with Crippen molar-refractivity contribution in [3.8, 4) is 6.07 Å². The van der Waals surface area contributed by atoms with Gasteiger partial charge in [0.15, 0.2) is 0 Å². The summed E-state index contributed by atoms with van der Waals surface area (Å²) < 4.78 is 5.12. The molecule has 0 unspecified atom stereocenters. The Morgan fingerprint density at radius 1 is 1.53 bits per heavy atom. The first-order valence-electron chi connectivity index (χ1n) is 6.93. The molecule has 0 aromatic heterocycles. The third-order valence-corrected chi connectivity index (χ3v) is 4.00. The van der Waals surface area contributed by atoms with Crippen molar-refractivity contribution in [3.05, 3.63) is 23.0 Å². The van der Waals surface area contributed by atoms with Gasteiger partial charge in [-0.1, -0.05) is 12.8 Å². The maximum atomic E-state index is 12.1. The molecular formula is C15H20N2O2. The fourth-order valence-electron chi connectivity index (χ4n) is 3.08. The maximum absolute atomic E-state index is 12.1. The van der Waals surface area contributed by atoms with Crippen LogP contribution in [0.25, 0.3) is 0 Å². The Morgan fingerprint density at radius 2 is 2.21 bits per heavy atom. The zero-order valence-electron chi connectivity index (χ0n) is 11.5. The number of carbonyl (C=O) groups excluding carboxylic acids is 1. The van der Waals surface area contributed by atoms with Crippen molar-refractivity contribution < 1.29 is 9.53 Å². The number of dihydropyridines is 1. The number of rotatable bonds is 3. The summed E-state index contributed by atoms with van der Waals surface area (Å²) in [6, 6.07) is 2.28. The molecule has 1 aliphatic carbocycles. The molecule has 0 aromatic carbocycles. The second-order valence-corrected chi connectivity index (χ2v) is 5.14. The quantitative estimate of drug-likeness (QED) is 0.792. The van der Waals surface area contributed by atoms with Crippen LogP contribution in [-0.4, -0.2) is 12.6 Å². The largest absolute Gasteiger partial charge is 0.463 e. The van der Waals surface area contributed by atoms with Gasteiger partial charge in [-0.05, 0) is 32.6 Å². The van der Waals surface area contributed by atoms with Gasteiger partial charge in [0.05, 0.1) is 23.8 Å². The highest BCUT2D eigenvalue weighted by Crippen LogP contribution is 2.41. The van der Waals surface area contributed by atoms with E-state index in [0.29, 0.717) is 23.7 Å². The van der Waals surface area contributed by atoms with Gasteiger partial charge in [0.25, 0.3) is 0 Å². The minimum Gasteiger partial charge on any atom is -0.463 e. The van der Waals surface area contributed by atoms with Crippen LogP contribution in [0.5, 0.6) is 0 Å². The van der Waals surface area contributed by atoms with Crippen molar-refractivity contribution in [2.45, 2.75) is 39.5 Å². The molecule has 1 fully saturated rings. The van der Waals surface area contributed by atoms with E-state index in [1.54, 1.807) is 13.1 Å². The average Bonchev–Trinajstić information content (AvgIpc) is 2.92. The van der Waals surface area contributed by atoms with E-state index < -0.39 is 0 Å². The number of hydrogen-bond acceptors (Lipinski definition) is 4. The first-order valence-corrected chi connectivity index (χ1v) is 6.93. The van der Waals surface area contributed by atoms with Crippen molar-refractivity contribution in [1.82, 2.24) is 5.32 Å². The molecular weight excluding hydrogens is 240 g/mol. The highest BCUT2D eigenvalue weighted by atomic mass is 16.5. The molecule has 1 atom stereocenters. The van der Waals surface area contributed by atoms with Gasteiger partial charge >= 0.3 is 5.97 Å². The van der Waals surface area contributed by atoms with E-state index in [9.17, 15) is 10.1 Å². The van der Waals surface area contributed by atoms with E-state index in [2.05, 4.69) is 11.4 Å². The first-order chi connectivity index (χ1) is 9.19. The van der Waals surface area contributed by atoms with Crippen LogP contribution in [0.15, 0.2) is 23.0 Å². The third-order valence-electron chi connectivity index (χ3n) is 4.00. The summed E-state index contributed by atoms with van der Waals surface area (Å²) in [5.41, 5.74) is 2.15. The summed E-state index contributed by atoms with van der Waals surface area (Å²) in [6.07, 6.45) is 6.25. The Balaban J connectivity index is 2.32. The van der Waals surface area contributed by atoms with Crippen molar-refractivity contribution in [2.24, 2.45) is 11.8 Å². The monoisotopic (exact) mass is 260 g/mol. The van der Waals surface area contributed by atoms with E-state index in [-0.39, 0.29) is 11.9 Å². The number of nitrogens with zero attached hydrogens (tertiary/aromatic N) is 1. The Hall–Kier alpha value is -1.76. The lowest BCUT2D eigenvalue weighted by Gasteiger charge is -2.29. The molecule has 0 spiro atoms. The van der Waals surface area contributed by atoms with Gasteiger partial charge < -0.3 is 10.1 Å². The smallest absolute Gasteiger partial charge is 0.336 e. The fraction of sp³-hybridized carbons (Fsp3) is 0.600. The Bertz CT molecular complexity index is 465. The van der Waals surface area contributed by atoms with Crippen LogP contribution in [0.4, 0.5) is 0 Å². The molecule has 0 radical (unpaired) electrons. The molecule has 1 aliphatic heterocycles. The molecule has 1 N–H and O–H groups in total. The van der Waals surface area contributed by atoms with E-state index >= 15 is 0 Å². The zero-order valence-corrected chi connectivity index (χ0v) is 11.5. The Morgan fingerprint density at radius 3 is 2.79 bits per heavy atom. The van der Waals surface area contributed by atoms with E-state index in [1.807, 2.05) is 6.92 Å². The first kappa shape index (κ1) is 13.7. The molecule has 4 nitrogen and oxygen atoms in total. The van der Waals surface area contributed by atoms with Gasteiger partial charge in [0, 0.05) is 17.8 Å². The van der Waals surface area contributed by atoms with Gasteiger partial charge in [0.1, 0.15) is 0 Å². The number of esters is 1. The fourth-order valence-corrected chi connectivity index (χ4v) is 3.08. The van der Waals surface area contributed by atoms with Gasteiger partial charge in [-0.3, -0.25) is 0 Å². The zero-order chi connectivity index (χ0) is 13.8. The minimum absolute atomic E-state index is 0.0900. The van der Waals surface area contributed by atoms with Crippen LogP contribution in [0.2, 0.25) is 0 Å². The van der Waals surface area contributed by atoms with Gasteiger partial charge in [-0.25, -0.2) is 4.79 Å². The number of allylic oxidation sites excluding steroid dienone is 2. The Labute approximate surface area is 114 Å². The SMILES string of the molecule is CCOC(=O)C1=CNC(C)=C(C#N)[C@H]1C1CCCC1. The summed E-state index contributed by atoms with van der Waals surface area (Å²) in [5, 5.41) is 12.4. The summed E-state index contributed by atoms with van der Waals surface area (Å²) in [5.74, 6) is 0.00214. The lowest BCUT2D eigenvalue weighted by Crippen LogP contribution is -2.30. The lowest BCUT2D eigenvalue weighted by atomic mass is 9.77. The van der Waals surface area contributed by atoms with Gasteiger partial charge in [0.2, 0.25) is 0 Å². The lowest BCUT2D eigenvalue weighted by molar-refractivity contribution is -0.139. The highest BCUT2D eigenvalue weighted by molar-refractivity contribution is 5.90. The normalized spacial score (nSPS) is 23.6. The number of hydrogen-bond donors (Lipinski definition) is 1. The summed E-state index contributed by atoms with van der Waals surface area (Å²) in [6.45, 7) is 4.04. The van der Waals surface area contributed by atoms with E-state index in [4.69, 9.17) is 4.74 Å². The molecule has 0 bridgehead atoms. The molecule has 2 aliphatic rings. The number of ether oxygens (including phenoxy) is 1. The average molecular weight is 260 g/mol. The van der Waals surface area contributed by atoms with E-state index in [1.165, 1.54) is 12.8 Å². The predicted molar refractivity (Wildman–Crippen MR) is 71.6 cm³/mol. The number of carbonyl (C=O) groups is 1. The summed E-state index contributed by atoms with van der Waals surface area (Å²) in [7, 11) is 0. The van der Waals surface area contributed by atoms with Crippen LogP contribution >= 0.6 is 0 Å². The Kier molecular flexibility index (Phi) is 4.26. The van der Waals surface area contributed by atoms with Crippen LogP contribution in [0.3, 0.4) is 0 Å². The van der Waals surface area contributed by atoms with Crippen molar-refractivity contribution >= 4 is 5.97 Å². The second-order valence-electron chi connectivity index (χ2n) is 5.14. The molecule has 19 heavy (non-hydrogen) atoms. The maximum Gasteiger partial charge on any atom is 0.336 e. The van der Waals surface area contributed by atoms with E-state index in [0.717, 1.165) is 18.5 Å². The molecule has 4 heteroatoms. The summed E-state index contributed by atoms with van der Waals surface area (Å²) in [4.78, 5) is 12.1. The molecule has 2 rings (SSSR count).